The van der Waals surface area contributed by atoms with Crippen molar-refractivity contribution in [1.29, 1.82) is 0 Å². The second-order valence-electron chi connectivity index (χ2n) is 6.51. The number of carbonyl (C=O) groups is 1. The zero-order chi connectivity index (χ0) is 16.0. The van der Waals surface area contributed by atoms with Crippen molar-refractivity contribution in [3.63, 3.8) is 0 Å². The molecule has 1 N–H and O–H groups in total. The third-order valence-corrected chi connectivity index (χ3v) is 5.63. The molecule has 2 fully saturated rings. The summed E-state index contributed by atoms with van der Waals surface area (Å²) in [4.78, 5) is 19.2. The Morgan fingerprint density at radius 2 is 2.22 bits per heavy atom. The van der Waals surface area contributed by atoms with E-state index in [0.717, 1.165) is 29.4 Å². The molecule has 3 heterocycles. The predicted molar refractivity (Wildman–Crippen MR) is 89.4 cm³/mol. The van der Waals surface area contributed by atoms with E-state index in [1.165, 1.54) is 12.8 Å². The SMILES string of the molecule is Cc1csc([C@H](N[C@@H]2CCN(c3cnn(C)c3)C2=O)C2CC2)n1. The molecule has 1 saturated carbocycles. The van der Waals surface area contributed by atoms with E-state index >= 15 is 0 Å². The minimum Gasteiger partial charge on any atom is -0.308 e. The number of rotatable bonds is 5. The summed E-state index contributed by atoms with van der Waals surface area (Å²) in [5, 5.41) is 11.0. The standard InChI is InChI=1S/C16H21N5OS/c1-10-9-23-15(18-10)14(11-3-4-11)19-13-5-6-21(16(13)22)12-7-17-20(2)8-12/h7-9,11,13-14,19H,3-6H2,1-2H3/t13-,14-/m1/s1. The van der Waals surface area contributed by atoms with Gasteiger partial charge in [-0.1, -0.05) is 0 Å². The van der Waals surface area contributed by atoms with Gasteiger partial charge in [-0.05, 0) is 32.1 Å². The van der Waals surface area contributed by atoms with Gasteiger partial charge < -0.3 is 4.90 Å². The summed E-state index contributed by atoms with van der Waals surface area (Å²) in [5.41, 5.74) is 1.95. The highest BCUT2D eigenvalue weighted by atomic mass is 32.1. The number of anilines is 1. The van der Waals surface area contributed by atoms with Crippen LogP contribution in [0.15, 0.2) is 17.8 Å². The van der Waals surface area contributed by atoms with E-state index in [9.17, 15) is 4.79 Å². The summed E-state index contributed by atoms with van der Waals surface area (Å²) in [7, 11) is 1.87. The molecular formula is C16H21N5OS. The lowest BCUT2D eigenvalue weighted by molar-refractivity contribution is -0.119. The fraction of sp³-hybridized carbons (Fsp3) is 0.562. The van der Waals surface area contributed by atoms with Gasteiger partial charge in [0.15, 0.2) is 0 Å². The first-order valence-electron chi connectivity index (χ1n) is 8.10. The lowest BCUT2D eigenvalue weighted by Crippen LogP contribution is -2.40. The van der Waals surface area contributed by atoms with Crippen molar-refractivity contribution in [3.05, 3.63) is 28.5 Å². The fourth-order valence-corrected chi connectivity index (χ4v) is 4.16. The van der Waals surface area contributed by atoms with Gasteiger partial charge in [-0.25, -0.2) is 4.98 Å². The summed E-state index contributed by atoms with van der Waals surface area (Å²) >= 11 is 1.70. The van der Waals surface area contributed by atoms with Gasteiger partial charge in [-0.15, -0.1) is 11.3 Å². The zero-order valence-corrected chi connectivity index (χ0v) is 14.2. The van der Waals surface area contributed by atoms with Crippen LogP contribution >= 0.6 is 11.3 Å². The second kappa shape index (κ2) is 5.72. The maximum absolute atomic E-state index is 12.7. The maximum Gasteiger partial charge on any atom is 0.244 e. The number of thiazole rings is 1. The molecule has 0 unspecified atom stereocenters. The van der Waals surface area contributed by atoms with Gasteiger partial charge in [0, 0.05) is 30.9 Å². The van der Waals surface area contributed by atoms with Crippen molar-refractivity contribution in [2.45, 2.75) is 38.3 Å². The van der Waals surface area contributed by atoms with Crippen LogP contribution in [-0.2, 0) is 11.8 Å². The number of nitrogens with one attached hydrogen (secondary N) is 1. The van der Waals surface area contributed by atoms with Crippen LogP contribution in [0.4, 0.5) is 5.69 Å². The number of hydrogen-bond donors (Lipinski definition) is 1. The summed E-state index contributed by atoms with van der Waals surface area (Å²) in [5.74, 6) is 0.776. The molecule has 23 heavy (non-hydrogen) atoms. The minimum absolute atomic E-state index is 0.120. The van der Waals surface area contributed by atoms with E-state index in [1.807, 2.05) is 25.1 Å². The first kappa shape index (κ1) is 14.8. The molecule has 2 aliphatic rings. The molecule has 0 aromatic carbocycles. The number of aryl methyl sites for hydroxylation is 2. The lowest BCUT2D eigenvalue weighted by atomic mass is 10.1. The molecule has 1 saturated heterocycles. The van der Waals surface area contributed by atoms with Gasteiger partial charge in [0.1, 0.15) is 5.01 Å². The van der Waals surface area contributed by atoms with Crippen molar-refractivity contribution < 1.29 is 4.79 Å². The van der Waals surface area contributed by atoms with Gasteiger partial charge in [0.25, 0.3) is 0 Å². The van der Waals surface area contributed by atoms with Crippen molar-refractivity contribution in [3.8, 4) is 0 Å². The molecule has 6 nitrogen and oxygen atoms in total. The van der Waals surface area contributed by atoms with Gasteiger partial charge in [-0.3, -0.25) is 14.8 Å². The molecule has 1 amide bonds. The van der Waals surface area contributed by atoms with Crippen LogP contribution in [0.1, 0.15) is 36.0 Å². The molecule has 2 aromatic heterocycles. The van der Waals surface area contributed by atoms with Crippen LogP contribution in [0.5, 0.6) is 0 Å². The van der Waals surface area contributed by atoms with Gasteiger partial charge in [-0.2, -0.15) is 5.10 Å². The van der Waals surface area contributed by atoms with Crippen molar-refractivity contribution in [1.82, 2.24) is 20.1 Å². The van der Waals surface area contributed by atoms with Gasteiger partial charge in [0.05, 0.1) is 24.0 Å². The summed E-state index contributed by atoms with van der Waals surface area (Å²) in [6, 6.07) is 0.0986. The molecule has 0 radical (unpaired) electrons. The van der Waals surface area contributed by atoms with Crippen molar-refractivity contribution in [2.75, 3.05) is 11.4 Å². The normalized spacial score (nSPS) is 22.8. The molecule has 2 aromatic rings. The Balaban J connectivity index is 1.49. The van der Waals surface area contributed by atoms with E-state index in [4.69, 9.17) is 0 Å². The molecule has 7 heteroatoms. The van der Waals surface area contributed by atoms with Crippen LogP contribution in [-0.4, -0.2) is 33.3 Å². The Bertz CT molecular complexity index is 720. The van der Waals surface area contributed by atoms with E-state index in [0.29, 0.717) is 5.92 Å². The quantitative estimate of drug-likeness (QED) is 0.910. The van der Waals surface area contributed by atoms with Crippen molar-refractivity contribution >= 4 is 22.9 Å². The van der Waals surface area contributed by atoms with E-state index in [-0.39, 0.29) is 18.0 Å². The van der Waals surface area contributed by atoms with E-state index in [1.54, 1.807) is 22.2 Å². The second-order valence-corrected chi connectivity index (χ2v) is 7.40. The monoisotopic (exact) mass is 331 g/mol. The largest absolute Gasteiger partial charge is 0.308 e. The van der Waals surface area contributed by atoms with Crippen LogP contribution in [0.2, 0.25) is 0 Å². The van der Waals surface area contributed by atoms with Crippen LogP contribution < -0.4 is 10.2 Å². The Hall–Kier alpha value is -1.73. The number of nitrogens with zero attached hydrogens (tertiary/aromatic N) is 4. The topological polar surface area (TPSA) is 63.1 Å². The van der Waals surface area contributed by atoms with Gasteiger partial charge in [0.2, 0.25) is 5.91 Å². The Morgan fingerprint density at radius 1 is 1.39 bits per heavy atom. The molecule has 1 aliphatic carbocycles. The van der Waals surface area contributed by atoms with E-state index in [2.05, 4.69) is 20.8 Å². The number of aromatic nitrogens is 3. The fourth-order valence-electron chi connectivity index (χ4n) is 3.21. The highest BCUT2D eigenvalue weighted by Gasteiger charge is 2.40. The first-order chi connectivity index (χ1) is 11.1. The molecule has 122 valence electrons. The maximum atomic E-state index is 12.7. The number of carbonyl (C=O) groups excluding carboxylic acids is 1. The Kier molecular flexibility index (Phi) is 3.69. The van der Waals surface area contributed by atoms with E-state index < -0.39 is 0 Å². The lowest BCUT2D eigenvalue weighted by Gasteiger charge is -2.21. The smallest absolute Gasteiger partial charge is 0.244 e. The summed E-state index contributed by atoms with van der Waals surface area (Å²) < 4.78 is 1.73. The molecule has 2 atom stereocenters. The van der Waals surface area contributed by atoms with Crippen molar-refractivity contribution in [2.24, 2.45) is 13.0 Å². The zero-order valence-electron chi connectivity index (χ0n) is 13.4. The summed E-state index contributed by atoms with van der Waals surface area (Å²) in [6.07, 6.45) is 6.93. The Morgan fingerprint density at radius 3 is 2.83 bits per heavy atom. The Labute approximate surface area is 139 Å². The minimum atomic E-state index is -0.120. The van der Waals surface area contributed by atoms with Crippen LogP contribution in [0.3, 0.4) is 0 Å². The third kappa shape index (κ3) is 2.90. The average Bonchev–Trinajstić information content (AvgIpc) is 2.96. The summed E-state index contributed by atoms with van der Waals surface area (Å²) in [6.45, 7) is 2.77. The van der Waals surface area contributed by atoms with Gasteiger partial charge >= 0.3 is 0 Å². The highest BCUT2D eigenvalue weighted by Crippen LogP contribution is 2.42. The third-order valence-electron chi connectivity index (χ3n) is 4.59. The first-order valence-corrected chi connectivity index (χ1v) is 8.98. The molecular weight excluding hydrogens is 310 g/mol. The highest BCUT2D eigenvalue weighted by molar-refractivity contribution is 7.09. The van der Waals surface area contributed by atoms with Crippen LogP contribution in [0, 0.1) is 12.8 Å². The molecule has 4 rings (SSSR count). The molecule has 0 bridgehead atoms. The number of amides is 1. The molecule has 0 spiro atoms. The average molecular weight is 331 g/mol. The predicted octanol–water partition coefficient (Wildman–Crippen LogP) is 2.03. The van der Waals surface area contributed by atoms with Crippen LogP contribution in [0.25, 0.3) is 0 Å². The molecule has 1 aliphatic heterocycles. The number of hydrogen-bond acceptors (Lipinski definition) is 5.